The van der Waals surface area contributed by atoms with Crippen LogP contribution in [0.2, 0.25) is 0 Å². The molecule has 0 radical (unpaired) electrons. The summed E-state index contributed by atoms with van der Waals surface area (Å²) in [5.74, 6) is 0.659. The maximum Gasteiger partial charge on any atom is 0.0465 e. The molecule has 0 aliphatic heterocycles. The average molecular weight is 277 g/mol. The van der Waals surface area contributed by atoms with E-state index in [0.717, 1.165) is 26.0 Å². The molecule has 1 rings (SSSR count). The van der Waals surface area contributed by atoms with Crippen LogP contribution in [0.25, 0.3) is 0 Å². The largest absolute Gasteiger partial charge is 0.385 e. The van der Waals surface area contributed by atoms with Crippen LogP contribution < -0.4 is 5.32 Å². The minimum Gasteiger partial charge on any atom is -0.385 e. The van der Waals surface area contributed by atoms with Gasteiger partial charge >= 0.3 is 0 Å². The van der Waals surface area contributed by atoms with Crippen LogP contribution in [0.5, 0.6) is 0 Å². The lowest BCUT2D eigenvalue weighted by atomic mass is 9.92. The first-order valence-corrected chi connectivity index (χ1v) is 7.95. The Bertz CT molecular complexity index is 364. The van der Waals surface area contributed by atoms with Crippen LogP contribution in [0.15, 0.2) is 24.3 Å². The number of ether oxygens (including phenoxy) is 1. The lowest BCUT2D eigenvalue weighted by Crippen LogP contribution is -2.36. The summed E-state index contributed by atoms with van der Waals surface area (Å²) in [6, 6.07) is 9.46. The molecule has 114 valence electrons. The first-order chi connectivity index (χ1) is 9.67. The maximum atomic E-state index is 5.22. The topological polar surface area (TPSA) is 21.3 Å². The van der Waals surface area contributed by atoms with Gasteiger partial charge < -0.3 is 10.1 Å². The molecule has 0 heterocycles. The predicted octanol–water partition coefficient (Wildman–Crippen LogP) is 3.97. The lowest BCUT2D eigenvalue weighted by molar-refractivity contribution is 0.168. The number of aryl methyl sites for hydroxylation is 2. The predicted molar refractivity (Wildman–Crippen MR) is 87.2 cm³/mol. The minimum atomic E-state index is 0.589. The Balaban J connectivity index is 2.50. The van der Waals surface area contributed by atoms with Gasteiger partial charge in [-0.05, 0) is 50.6 Å². The van der Waals surface area contributed by atoms with Gasteiger partial charge in [-0.3, -0.25) is 0 Å². The van der Waals surface area contributed by atoms with Crippen molar-refractivity contribution in [3.63, 3.8) is 0 Å². The summed E-state index contributed by atoms with van der Waals surface area (Å²) in [6.07, 6.45) is 4.68. The third-order valence-corrected chi connectivity index (χ3v) is 3.95. The molecular weight excluding hydrogens is 246 g/mol. The van der Waals surface area contributed by atoms with Crippen molar-refractivity contribution >= 4 is 0 Å². The molecule has 2 nitrogen and oxygen atoms in total. The monoisotopic (exact) mass is 277 g/mol. The fourth-order valence-electron chi connectivity index (χ4n) is 2.61. The molecular formula is C18H31NO. The molecule has 20 heavy (non-hydrogen) atoms. The van der Waals surface area contributed by atoms with E-state index in [4.69, 9.17) is 4.74 Å². The summed E-state index contributed by atoms with van der Waals surface area (Å²) >= 11 is 0. The summed E-state index contributed by atoms with van der Waals surface area (Å²) in [4.78, 5) is 0. The van der Waals surface area contributed by atoms with Gasteiger partial charge in [0.15, 0.2) is 0 Å². The molecule has 2 unspecified atom stereocenters. The Kier molecular flexibility index (Phi) is 8.56. The van der Waals surface area contributed by atoms with Crippen LogP contribution in [-0.2, 0) is 11.2 Å². The van der Waals surface area contributed by atoms with Gasteiger partial charge in [0.1, 0.15) is 0 Å². The molecule has 2 atom stereocenters. The van der Waals surface area contributed by atoms with Crippen molar-refractivity contribution in [2.75, 3.05) is 20.3 Å². The van der Waals surface area contributed by atoms with Crippen LogP contribution in [0.1, 0.15) is 44.2 Å². The van der Waals surface area contributed by atoms with Crippen LogP contribution in [-0.4, -0.2) is 26.3 Å². The number of benzene rings is 1. The second-order valence-corrected chi connectivity index (χ2v) is 5.85. The lowest BCUT2D eigenvalue weighted by Gasteiger charge is -2.25. The fourth-order valence-corrected chi connectivity index (χ4v) is 2.61. The van der Waals surface area contributed by atoms with E-state index in [1.54, 1.807) is 7.11 Å². The summed E-state index contributed by atoms with van der Waals surface area (Å²) in [6.45, 7) is 8.69. The highest BCUT2D eigenvalue weighted by molar-refractivity contribution is 5.22. The van der Waals surface area contributed by atoms with Crippen LogP contribution in [0.4, 0.5) is 0 Å². The smallest absolute Gasteiger partial charge is 0.0465 e. The number of hydrogen-bond acceptors (Lipinski definition) is 2. The first kappa shape index (κ1) is 17.2. The van der Waals surface area contributed by atoms with Gasteiger partial charge in [-0.2, -0.15) is 0 Å². The molecule has 0 aliphatic carbocycles. The second kappa shape index (κ2) is 9.95. The molecule has 0 aliphatic rings. The van der Waals surface area contributed by atoms with E-state index in [-0.39, 0.29) is 0 Å². The first-order valence-electron chi connectivity index (χ1n) is 7.95. The van der Waals surface area contributed by atoms with Crippen molar-refractivity contribution in [3.8, 4) is 0 Å². The van der Waals surface area contributed by atoms with Crippen molar-refractivity contribution in [2.24, 2.45) is 5.92 Å². The third kappa shape index (κ3) is 6.53. The van der Waals surface area contributed by atoms with E-state index >= 15 is 0 Å². The van der Waals surface area contributed by atoms with Gasteiger partial charge in [-0.1, -0.05) is 43.7 Å². The second-order valence-electron chi connectivity index (χ2n) is 5.85. The Morgan fingerprint density at radius 3 is 2.70 bits per heavy atom. The van der Waals surface area contributed by atoms with Crippen molar-refractivity contribution in [1.82, 2.24) is 5.32 Å². The summed E-state index contributed by atoms with van der Waals surface area (Å²) < 4.78 is 5.22. The van der Waals surface area contributed by atoms with Crippen LogP contribution >= 0.6 is 0 Å². The highest BCUT2D eigenvalue weighted by Gasteiger charge is 2.16. The summed E-state index contributed by atoms with van der Waals surface area (Å²) in [7, 11) is 1.79. The molecule has 0 aromatic heterocycles. The standard InChI is InChI=1S/C18H31NO/c1-5-12-19-18(16(3)11-13-20-4)10-9-17-8-6-7-15(2)14-17/h6-8,14,16,18-19H,5,9-13H2,1-4H3. The SMILES string of the molecule is CCCNC(CCc1cccc(C)c1)C(C)CCOC. The highest BCUT2D eigenvalue weighted by Crippen LogP contribution is 2.15. The Morgan fingerprint density at radius 2 is 2.05 bits per heavy atom. The molecule has 0 saturated carbocycles. The minimum absolute atomic E-state index is 0.589. The number of nitrogens with one attached hydrogen (secondary N) is 1. The molecule has 1 aromatic rings. The fraction of sp³-hybridized carbons (Fsp3) is 0.667. The average Bonchev–Trinajstić information content (AvgIpc) is 2.45. The molecule has 0 bridgehead atoms. The molecule has 1 N–H and O–H groups in total. The van der Waals surface area contributed by atoms with E-state index < -0.39 is 0 Å². The van der Waals surface area contributed by atoms with E-state index in [0.29, 0.717) is 12.0 Å². The number of hydrogen-bond donors (Lipinski definition) is 1. The van der Waals surface area contributed by atoms with Gasteiger partial charge in [-0.25, -0.2) is 0 Å². The van der Waals surface area contributed by atoms with E-state index in [1.165, 1.54) is 24.0 Å². The molecule has 0 fully saturated rings. The van der Waals surface area contributed by atoms with Gasteiger partial charge in [0.05, 0.1) is 0 Å². The zero-order valence-corrected chi connectivity index (χ0v) is 13.6. The number of rotatable bonds is 10. The third-order valence-electron chi connectivity index (χ3n) is 3.95. The van der Waals surface area contributed by atoms with Crippen molar-refractivity contribution < 1.29 is 4.74 Å². The van der Waals surface area contributed by atoms with Gasteiger partial charge in [-0.15, -0.1) is 0 Å². The van der Waals surface area contributed by atoms with E-state index in [1.807, 2.05) is 0 Å². The Labute approximate surface area is 124 Å². The van der Waals surface area contributed by atoms with E-state index in [9.17, 15) is 0 Å². The number of methoxy groups -OCH3 is 1. The normalized spacial score (nSPS) is 14.2. The van der Waals surface area contributed by atoms with E-state index in [2.05, 4.69) is 50.4 Å². The van der Waals surface area contributed by atoms with Crippen molar-refractivity contribution in [3.05, 3.63) is 35.4 Å². The Hall–Kier alpha value is -0.860. The van der Waals surface area contributed by atoms with Crippen LogP contribution in [0.3, 0.4) is 0 Å². The van der Waals surface area contributed by atoms with Crippen LogP contribution in [0, 0.1) is 12.8 Å². The van der Waals surface area contributed by atoms with Gasteiger partial charge in [0.25, 0.3) is 0 Å². The molecule has 2 heteroatoms. The molecule has 0 spiro atoms. The molecule has 0 amide bonds. The zero-order chi connectivity index (χ0) is 14.8. The highest BCUT2D eigenvalue weighted by atomic mass is 16.5. The van der Waals surface area contributed by atoms with Gasteiger partial charge in [0, 0.05) is 19.8 Å². The summed E-state index contributed by atoms with van der Waals surface area (Å²) in [5.41, 5.74) is 2.81. The van der Waals surface area contributed by atoms with Crippen molar-refractivity contribution in [2.45, 2.75) is 52.5 Å². The maximum absolute atomic E-state index is 5.22. The zero-order valence-electron chi connectivity index (χ0n) is 13.6. The summed E-state index contributed by atoms with van der Waals surface area (Å²) in [5, 5.41) is 3.71. The Morgan fingerprint density at radius 1 is 1.25 bits per heavy atom. The van der Waals surface area contributed by atoms with Gasteiger partial charge in [0.2, 0.25) is 0 Å². The molecule has 1 aromatic carbocycles. The molecule has 0 saturated heterocycles. The van der Waals surface area contributed by atoms with Crippen molar-refractivity contribution in [1.29, 1.82) is 0 Å². The quantitative estimate of drug-likeness (QED) is 0.699.